The van der Waals surface area contributed by atoms with Crippen molar-refractivity contribution in [1.29, 1.82) is 0 Å². The molecule has 2 heterocycles. The standard InChI is InChI=1S/C12H16ClFN2/c1-8-6-15-4-3-12(8,2)10-5-9(13)7-16-11(10)14/h5,7-8,15H,3-4,6H2,1-2H3/t8?,12-/m0/s1. The van der Waals surface area contributed by atoms with Crippen molar-refractivity contribution in [2.75, 3.05) is 13.1 Å². The minimum Gasteiger partial charge on any atom is -0.316 e. The third-order valence-corrected chi connectivity index (χ3v) is 3.99. The first-order valence-electron chi connectivity index (χ1n) is 5.56. The van der Waals surface area contributed by atoms with E-state index in [0.29, 0.717) is 16.5 Å². The zero-order valence-electron chi connectivity index (χ0n) is 9.56. The van der Waals surface area contributed by atoms with Gasteiger partial charge < -0.3 is 5.32 Å². The summed E-state index contributed by atoms with van der Waals surface area (Å²) in [5, 5.41) is 3.82. The lowest BCUT2D eigenvalue weighted by Gasteiger charge is -2.40. The van der Waals surface area contributed by atoms with Gasteiger partial charge in [0, 0.05) is 17.2 Å². The van der Waals surface area contributed by atoms with Gasteiger partial charge in [0.05, 0.1) is 5.02 Å². The van der Waals surface area contributed by atoms with Crippen LogP contribution in [0.2, 0.25) is 5.02 Å². The molecule has 0 saturated carbocycles. The summed E-state index contributed by atoms with van der Waals surface area (Å²) in [4.78, 5) is 3.71. The minimum absolute atomic E-state index is 0.173. The summed E-state index contributed by atoms with van der Waals surface area (Å²) in [6, 6.07) is 1.71. The Morgan fingerprint density at radius 2 is 2.38 bits per heavy atom. The Morgan fingerprint density at radius 3 is 3.06 bits per heavy atom. The van der Waals surface area contributed by atoms with Crippen LogP contribution in [-0.4, -0.2) is 18.1 Å². The van der Waals surface area contributed by atoms with Gasteiger partial charge in [0.1, 0.15) is 0 Å². The van der Waals surface area contributed by atoms with Gasteiger partial charge in [-0.05, 0) is 31.5 Å². The van der Waals surface area contributed by atoms with Crippen LogP contribution < -0.4 is 5.32 Å². The maximum absolute atomic E-state index is 13.8. The normalized spacial score (nSPS) is 30.4. The fourth-order valence-electron chi connectivity index (χ4n) is 2.36. The molecular weight excluding hydrogens is 227 g/mol. The second-order valence-corrected chi connectivity index (χ2v) is 5.20. The summed E-state index contributed by atoms with van der Waals surface area (Å²) in [6.07, 6.45) is 2.27. The molecule has 4 heteroatoms. The quantitative estimate of drug-likeness (QED) is 0.766. The predicted molar refractivity (Wildman–Crippen MR) is 63.2 cm³/mol. The van der Waals surface area contributed by atoms with Gasteiger partial charge in [0.2, 0.25) is 5.95 Å². The molecule has 1 aromatic heterocycles. The Labute approximate surface area is 100 Å². The zero-order chi connectivity index (χ0) is 11.8. The molecule has 1 fully saturated rings. The monoisotopic (exact) mass is 242 g/mol. The van der Waals surface area contributed by atoms with E-state index in [0.717, 1.165) is 19.5 Å². The summed E-state index contributed by atoms with van der Waals surface area (Å²) >= 11 is 5.90. The molecule has 0 spiro atoms. The Bertz CT molecular complexity index is 397. The number of hydrogen-bond donors (Lipinski definition) is 1. The van der Waals surface area contributed by atoms with Crippen LogP contribution in [0.15, 0.2) is 12.3 Å². The molecule has 0 bridgehead atoms. The van der Waals surface area contributed by atoms with Gasteiger partial charge in [-0.15, -0.1) is 0 Å². The van der Waals surface area contributed by atoms with Crippen molar-refractivity contribution in [3.05, 3.63) is 28.8 Å². The average molecular weight is 243 g/mol. The molecule has 0 amide bonds. The third-order valence-electron chi connectivity index (χ3n) is 3.78. The Hall–Kier alpha value is -0.670. The van der Waals surface area contributed by atoms with Crippen LogP contribution in [0.4, 0.5) is 4.39 Å². The molecule has 16 heavy (non-hydrogen) atoms. The molecule has 2 atom stereocenters. The van der Waals surface area contributed by atoms with Crippen molar-refractivity contribution in [1.82, 2.24) is 10.3 Å². The lowest BCUT2D eigenvalue weighted by molar-refractivity contribution is 0.229. The van der Waals surface area contributed by atoms with Crippen molar-refractivity contribution in [2.24, 2.45) is 5.92 Å². The molecule has 1 unspecified atom stereocenters. The maximum Gasteiger partial charge on any atom is 0.216 e. The van der Waals surface area contributed by atoms with Gasteiger partial charge >= 0.3 is 0 Å². The van der Waals surface area contributed by atoms with E-state index >= 15 is 0 Å². The summed E-state index contributed by atoms with van der Waals surface area (Å²) in [5.41, 5.74) is 0.474. The maximum atomic E-state index is 13.8. The first kappa shape index (κ1) is 11.8. The van der Waals surface area contributed by atoms with Crippen LogP contribution in [-0.2, 0) is 5.41 Å². The van der Waals surface area contributed by atoms with E-state index < -0.39 is 0 Å². The Morgan fingerprint density at radius 1 is 1.62 bits per heavy atom. The van der Waals surface area contributed by atoms with Crippen molar-refractivity contribution in [3.8, 4) is 0 Å². The molecule has 0 aliphatic carbocycles. The molecule has 2 nitrogen and oxygen atoms in total. The lowest BCUT2D eigenvalue weighted by atomic mass is 9.69. The van der Waals surface area contributed by atoms with Gasteiger partial charge in [0.15, 0.2) is 0 Å². The topological polar surface area (TPSA) is 24.9 Å². The fourth-order valence-corrected chi connectivity index (χ4v) is 2.52. The van der Waals surface area contributed by atoms with E-state index in [1.165, 1.54) is 6.20 Å². The summed E-state index contributed by atoms with van der Waals surface area (Å²) in [5.74, 6) is -0.0170. The summed E-state index contributed by atoms with van der Waals surface area (Å²) in [6.45, 7) is 6.04. The number of nitrogens with zero attached hydrogens (tertiary/aromatic N) is 1. The molecular formula is C12H16ClFN2. The largest absolute Gasteiger partial charge is 0.316 e. The highest BCUT2D eigenvalue weighted by atomic mass is 35.5. The SMILES string of the molecule is CC1CNCC[C@]1(C)c1cc(Cl)cnc1F. The lowest BCUT2D eigenvalue weighted by Crippen LogP contribution is -2.45. The Balaban J connectivity index is 2.44. The second kappa shape index (κ2) is 4.30. The Kier molecular flexibility index (Phi) is 3.17. The number of nitrogens with one attached hydrogen (secondary N) is 1. The first-order valence-corrected chi connectivity index (χ1v) is 5.94. The highest BCUT2D eigenvalue weighted by molar-refractivity contribution is 6.30. The van der Waals surface area contributed by atoms with Gasteiger partial charge in [-0.3, -0.25) is 0 Å². The van der Waals surface area contributed by atoms with Crippen molar-refractivity contribution >= 4 is 11.6 Å². The van der Waals surface area contributed by atoms with Crippen molar-refractivity contribution < 1.29 is 4.39 Å². The number of piperidine rings is 1. The number of halogens is 2. The van der Waals surface area contributed by atoms with Crippen molar-refractivity contribution in [3.63, 3.8) is 0 Å². The molecule has 1 aromatic rings. The second-order valence-electron chi connectivity index (χ2n) is 4.76. The van der Waals surface area contributed by atoms with Crippen LogP contribution in [0.3, 0.4) is 0 Å². The smallest absolute Gasteiger partial charge is 0.216 e. The van der Waals surface area contributed by atoms with Crippen LogP contribution in [0, 0.1) is 11.9 Å². The molecule has 1 N–H and O–H groups in total. The van der Waals surface area contributed by atoms with Gasteiger partial charge in [-0.1, -0.05) is 25.4 Å². The van der Waals surface area contributed by atoms with Crippen LogP contribution >= 0.6 is 11.6 Å². The number of aromatic nitrogens is 1. The fraction of sp³-hybridized carbons (Fsp3) is 0.583. The van der Waals surface area contributed by atoms with E-state index in [4.69, 9.17) is 11.6 Å². The number of pyridine rings is 1. The zero-order valence-corrected chi connectivity index (χ0v) is 10.3. The van der Waals surface area contributed by atoms with Gasteiger partial charge in [0.25, 0.3) is 0 Å². The van der Waals surface area contributed by atoms with E-state index in [1.807, 2.05) is 0 Å². The molecule has 88 valence electrons. The number of hydrogen-bond acceptors (Lipinski definition) is 2. The molecule has 0 aromatic carbocycles. The summed E-state index contributed by atoms with van der Waals surface area (Å²) in [7, 11) is 0. The molecule has 1 saturated heterocycles. The van der Waals surface area contributed by atoms with Gasteiger partial charge in [-0.25, -0.2) is 4.98 Å². The third kappa shape index (κ3) is 1.94. The van der Waals surface area contributed by atoms with Crippen LogP contribution in [0.5, 0.6) is 0 Å². The first-order chi connectivity index (χ1) is 7.54. The molecule has 0 radical (unpaired) electrons. The predicted octanol–water partition coefficient (Wildman–Crippen LogP) is 2.76. The highest BCUT2D eigenvalue weighted by Gasteiger charge is 2.37. The molecule has 1 aliphatic heterocycles. The number of rotatable bonds is 1. The summed E-state index contributed by atoms with van der Waals surface area (Å²) < 4.78 is 13.8. The molecule has 2 rings (SSSR count). The van der Waals surface area contributed by atoms with Crippen LogP contribution in [0.25, 0.3) is 0 Å². The van der Waals surface area contributed by atoms with Crippen LogP contribution in [0.1, 0.15) is 25.8 Å². The van der Waals surface area contributed by atoms with Gasteiger partial charge in [-0.2, -0.15) is 4.39 Å². The van der Waals surface area contributed by atoms with E-state index in [9.17, 15) is 4.39 Å². The average Bonchev–Trinajstić information content (AvgIpc) is 2.26. The van der Waals surface area contributed by atoms with Crippen molar-refractivity contribution in [2.45, 2.75) is 25.7 Å². The minimum atomic E-state index is -0.388. The highest BCUT2D eigenvalue weighted by Crippen LogP contribution is 2.38. The van der Waals surface area contributed by atoms with E-state index in [2.05, 4.69) is 24.1 Å². The molecule has 1 aliphatic rings. The van der Waals surface area contributed by atoms with E-state index in [1.54, 1.807) is 6.07 Å². The van der Waals surface area contributed by atoms with E-state index in [-0.39, 0.29) is 11.4 Å².